The molecule has 1 heterocycles. The number of nitrogen functional groups attached to an aromatic ring is 1. The Balaban J connectivity index is 1.78. The van der Waals surface area contributed by atoms with Crippen LogP contribution in [0.15, 0.2) is 41.4 Å². The van der Waals surface area contributed by atoms with Crippen LogP contribution in [0.3, 0.4) is 0 Å². The third-order valence-electron chi connectivity index (χ3n) is 2.90. The van der Waals surface area contributed by atoms with Crippen LogP contribution >= 0.6 is 11.8 Å². The van der Waals surface area contributed by atoms with Gasteiger partial charge in [0.25, 0.3) is 0 Å². The Bertz CT molecular complexity index is 680. The van der Waals surface area contributed by atoms with Crippen molar-refractivity contribution in [3.05, 3.63) is 42.2 Å². The van der Waals surface area contributed by atoms with Crippen molar-refractivity contribution in [3.8, 4) is 0 Å². The molecule has 0 saturated carbocycles. The minimum Gasteiger partial charge on any atom is -0.399 e. The molecule has 6 nitrogen and oxygen atoms in total. The second-order valence-corrected chi connectivity index (χ2v) is 7.60. The van der Waals surface area contributed by atoms with E-state index < -0.39 is 10.0 Å². The van der Waals surface area contributed by atoms with Gasteiger partial charge in [0.05, 0.1) is 18.0 Å². The van der Waals surface area contributed by atoms with Gasteiger partial charge in [-0.05, 0) is 30.3 Å². The minimum atomic E-state index is -3.29. The molecule has 21 heavy (non-hydrogen) atoms. The quantitative estimate of drug-likeness (QED) is 0.590. The fraction of sp³-hybridized carbons (Fsp3) is 0.308. The average molecular weight is 326 g/mol. The Hall–Kier alpha value is -1.51. The van der Waals surface area contributed by atoms with Crippen LogP contribution in [0.5, 0.6) is 0 Å². The van der Waals surface area contributed by atoms with E-state index in [2.05, 4.69) is 9.82 Å². The van der Waals surface area contributed by atoms with Crippen LogP contribution in [0.4, 0.5) is 5.69 Å². The zero-order valence-electron chi connectivity index (χ0n) is 11.7. The van der Waals surface area contributed by atoms with Crippen LogP contribution in [0.2, 0.25) is 0 Å². The van der Waals surface area contributed by atoms with E-state index >= 15 is 0 Å². The Kier molecular flexibility index (Phi) is 5.27. The van der Waals surface area contributed by atoms with E-state index in [0.717, 1.165) is 10.6 Å². The first-order chi connectivity index (χ1) is 9.96. The van der Waals surface area contributed by atoms with E-state index in [1.54, 1.807) is 36.1 Å². The van der Waals surface area contributed by atoms with Crippen LogP contribution in [0.25, 0.3) is 0 Å². The summed E-state index contributed by atoms with van der Waals surface area (Å²) in [6, 6.07) is 9.16. The number of hydrogen-bond acceptors (Lipinski definition) is 5. The summed E-state index contributed by atoms with van der Waals surface area (Å²) in [5, 5.41) is 3.99. The normalized spacial score (nSPS) is 11.7. The minimum absolute atomic E-state index is 0.0693. The number of rotatable bonds is 7. The number of sulfonamides is 1. The molecule has 0 atom stereocenters. The third kappa shape index (κ3) is 5.07. The highest BCUT2D eigenvalue weighted by atomic mass is 32.2. The van der Waals surface area contributed by atoms with Gasteiger partial charge < -0.3 is 5.73 Å². The van der Waals surface area contributed by atoms with E-state index in [1.807, 2.05) is 12.1 Å². The molecule has 0 fully saturated rings. The van der Waals surface area contributed by atoms with Gasteiger partial charge in [-0.3, -0.25) is 4.68 Å². The number of hydrogen-bond donors (Lipinski definition) is 2. The summed E-state index contributed by atoms with van der Waals surface area (Å²) in [5.41, 5.74) is 7.12. The molecule has 1 aromatic carbocycles. The van der Waals surface area contributed by atoms with E-state index in [-0.39, 0.29) is 12.3 Å². The summed E-state index contributed by atoms with van der Waals surface area (Å²) in [5.74, 6) is 0.560. The molecular weight excluding hydrogens is 308 g/mol. The van der Waals surface area contributed by atoms with Crippen molar-refractivity contribution in [3.63, 3.8) is 0 Å². The van der Waals surface area contributed by atoms with Gasteiger partial charge in [0.1, 0.15) is 0 Å². The molecule has 114 valence electrons. The Morgan fingerprint density at radius 2 is 2.00 bits per heavy atom. The highest BCUT2D eigenvalue weighted by Gasteiger charge is 2.11. The first-order valence-corrected chi connectivity index (χ1v) is 9.02. The number of benzene rings is 1. The van der Waals surface area contributed by atoms with Gasteiger partial charge in [0, 0.05) is 29.6 Å². The molecule has 0 bridgehead atoms. The van der Waals surface area contributed by atoms with Crippen LogP contribution in [-0.4, -0.2) is 29.7 Å². The monoisotopic (exact) mass is 326 g/mol. The molecule has 0 saturated heterocycles. The molecule has 8 heteroatoms. The molecular formula is C13H18N4O2S2. The molecule has 0 radical (unpaired) electrons. The lowest BCUT2D eigenvalue weighted by Crippen LogP contribution is -2.27. The van der Waals surface area contributed by atoms with E-state index in [0.29, 0.717) is 11.4 Å². The maximum atomic E-state index is 11.9. The molecule has 0 aliphatic carbocycles. The van der Waals surface area contributed by atoms with Crippen molar-refractivity contribution in [1.82, 2.24) is 14.5 Å². The number of anilines is 1. The fourth-order valence-corrected chi connectivity index (χ4v) is 3.95. The second kappa shape index (κ2) is 6.97. The Morgan fingerprint density at radius 3 is 2.62 bits per heavy atom. The standard InChI is InChI=1S/C13H18N4O2S2/c1-17-12(6-7-15-17)10-16-21(18,19)9-8-20-13-4-2-11(14)3-5-13/h2-7,16H,8-10,14H2,1H3. The third-order valence-corrected chi connectivity index (χ3v) is 5.49. The molecule has 3 N–H and O–H groups in total. The van der Waals surface area contributed by atoms with Crippen molar-refractivity contribution < 1.29 is 8.42 Å². The van der Waals surface area contributed by atoms with E-state index in [9.17, 15) is 8.42 Å². The van der Waals surface area contributed by atoms with Crippen molar-refractivity contribution >= 4 is 27.5 Å². The highest BCUT2D eigenvalue weighted by molar-refractivity contribution is 8.00. The van der Waals surface area contributed by atoms with Gasteiger partial charge in [0.2, 0.25) is 10.0 Å². The van der Waals surface area contributed by atoms with Gasteiger partial charge in [-0.15, -0.1) is 11.8 Å². The van der Waals surface area contributed by atoms with Crippen molar-refractivity contribution in [2.45, 2.75) is 11.4 Å². The summed E-state index contributed by atoms with van der Waals surface area (Å²) in [6.45, 7) is 0.255. The van der Waals surface area contributed by atoms with Crippen LogP contribution in [0, 0.1) is 0 Å². The topological polar surface area (TPSA) is 90.0 Å². The number of thioether (sulfide) groups is 1. The number of nitrogens with one attached hydrogen (secondary N) is 1. The van der Waals surface area contributed by atoms with Gasteiger partial charge >= 0.3 is 0 Å². The molecule has 2 aromatic rings. The summed E-state index contributed by atoms with van der Waals surface area (Å²) >= 11 is 1.49. The number of nitrogens with zero attached hydrogens (tertiary/aromatic N) is 2. The maximum Gasteiger partial charge on any atom is 0.212 e. The Labute approximate surface area is 128 Å². The van der Waals surface area contributed by atoms with Crippen LogP contribution in [-0.2, 0) is 23.6 Å². The smallest absolute Gasteiger partial charge is 0.212 e. The summed E-state index contributed by atoms with van der Waals surface area (Å²) in [4.78, 5) is 1.01. The van der Waals surface area contributed by atoms with Gasteiger partial charge in [0.15, 0.2) is 0 Å². The van der Waals surface area contributed by atoms with Crippen LogP contribution < -0.4 is 10.5 Å². The largest absolute Gasteiger partial charge is 0.399 e. The second-order valence-electron chi connectivity index (χ2n) is 4.50. The van der Waals surface area contributed by atoms with Crippen LogP contribution in [0.1, 0.15) is 5.69 Å². The number of aryl methyl sites for hydroxylation is 1. The summed E-state index contributed by atoms with van der Waals surface area (Å²) in [6.07, 6.45) is 1.64. The molecule has 0 aliphatic heterocycles. The van der Waals surface area contributed by atoms with E-state index in [4.69, 9.17) is 5.73 Å². The first kappa shape index (κ1) is 15.9. The zero-order valence-corrected chi connectivity index (χ0v) is 13.3. The first-order valence-electron chi connectivity index (χ1n) is 6.39. The molecule has 0 spiro atoms. The van der Waals surface area contributed by atoms with E-state index in [1.165, 1.54) is 11.8 Å². The van der Waals surface area contributed by atoms with Crippen molar-refractivity contribution in [2.24, 2.45) is 7.05 Å². The predicted octanol–water partition coefficient (Wildman–Crippen LogP) is 1.21. The molecule has 1 aromatic heterocycles. The fourth-order valence-electron chi connectivity index (χ4n) is 1.66. The Morgan fingerprint density at radius 1 is 1.29 bits per heavy atom. The summed E-state index contributed by atoms with van der Waals surface area (Å²) in [7, 11) is -1.51. The lowest BCUT2D eigenvalue weighted by molar-refractivity contribution is 0.578. The van der Waals surface area contributed by atoms with Gasteiger partial charge in [-0.25, -0.2) is 13.1 Å². The van der Waals surface area contributed by atoms with Crippen molar-refractivity contribution in [2.75, 3.05) is 17.2 Å². The molecule has 0 unspecified atom stereocenters. The number of nitrogens with two attached hydrogens (primary N) is 1. The summed E-state index contributed by atoms with van der Waals surface area (Å²) < 4.78 is 28.0. The van der Waals surface area contributed by atoms with Gasteiger partial charge in [-0.2, -0.15) is 5.10 Å². The maximum absolute atomic E-state index is 11.9. The number of aromatic nitrogens is 2. The lowest BCUT2D eigenvalue weighted by Gasteiger charge is -2.07. The lowest BCUT2D eigenvalue weighted by atomic mass is 10.3. The molecule has 2 rings (SSSR count). The zero-order chi connectivity index (χ0) is 15.3. The van der Waals surface area contributed by atoms with Gasteiger partial charge in [-0.1, -0.05) is 0 Å². The highest BCUT2D eigenvalue weighted by Crippen LogP contribution is 2.19. The molecule has 0 amide bonds. The van der Waals surface area contributed by atoms with Crippen molar-refractivity contribution in [1.29, 1.82) is 0 Å². The molecule has 0 aliphatic rings. The SMILES string of the molecule is Cn1nccc1CNS(=O)(=O)CCSc1ccc(N)cc1. The average Bonchev–Trinajstić information content (AvgIpc) is 2.84. The predicted molar refractivity (Wildman–Crippen MR) is 85.4 cm³/mol.